The van der Waals surface area contributed by atoms with Crippen molar-refractivity contribution in [3.8, 4) is 0 Å². The average Bonchev–Trinajstić information content (AvgIpc) is 2.39. The number of ketones is 1. The number of hydrogen-bond acceptors (Lipinski definition) is 4. The molecule has 0 aliphatic carbocycles. The third-order valence-electron chi connectivity index (χ3n) is 3.98. The highest BCUT2D eigenvalue weighted by Crippen LogP contribution is 2.25. The molecule has 0 aromatic heterocycles. The summed E-state index contributed by atoms with van der Waals surface area (Å²) in [6, 6.07) is 6.44. The van der Waals surface area contributed by atoms with E-state index in [1.54, 1.807) is 6.92 Å². The van der Waals surface area contributed by atoms with Crippen LogP contribution in [0.2, 0.25) is 0 Å². The monoisotopic (exact) mass is 261 g/mol. The Morgan fingerprint density at radius 2 is 1.95 bits per heavy atom. The molecule has 0 atom stereocenters. The highest BCUT2D eigenvalue weighted by atomic mass is 16.1. The Hall–Kier alpha value is -1.55. The average molecular weight is 261 g/mol. The van der Waals surface area contributed by atoms with Crippen LogP contribution in [0.3, 0.4) is 0 Å². The number of carbonyl (C=O) groups is 1. The molecule has 0 radical (unpaired) electrons. The lowest BCUT2D eigenvalue weighted by Gasteiger charge is -2.36. The summed E-state index contributed by atoms with van der Waals surface area (Å²) in [6.07, 6.45) is 2.32. The minimum atomic E-state index is 0.0301. The summed E-state index contributed by atoms with van der Waals surface area (Å²) < 4.78 is 0. The molecule has 104 valence electrons. The van der Waals surface area contributed by atoms with Gasteiger partial charge in [-0.15, -0.1) is 0 Å². The van der Waals surface area contributed by atoms with Crippen LogP contribution >= 0.6 is 0 Å². The predicted octanol–water partition coefficient (Wildman–Crippen LogP) is 2.00. The smallest absolute Gasteiger partial charge is 0.161 e. The van der Waals surface area contributed by atoms with Crippen LogP contribution in [0.4, 0.5) is 11.4 Å². The summed E-state index contributed by atoms with van der Waals surface area (Å²) in [5.74, 6) is 0.0301. The van der Waals surface area contributed by atoms with Crippen molar-refractivity contribution < 1.29 is 4.79 Å². The van der Waals surface area contributed by atoms with Gasteiger partial charge in [0.25, 0.3) is 0 Å². The molecule has 1 fully saturated rings. The van der Waals surface area contributed by atoms with E-state index in [-0.39, 0.29) is 5.78 Å². The zero-order chi connectivity index (χ0) is 14.0. The molecule has 1 aromatic rings. The van der Waals surface area contributed by atoms with E-state index in [0.29, 0.717) is 17.3 Å². The van der Waals surface area contributed by atoms with E-state index in [9.17, 15) is 4.79 Å². The third kappa shape index (κ3) is 3.07. The zero-order valence-electron chi connectivity index (χ0n) is 12.0. The van der Waals surface area contributed by atoms with Gasteiger partial charge in [0.2, 0.25) is 0 Å². The van der Waals surface area contributed by atoms with E-state index in [1.807, 2.05) is 18.2 Å². The van der Waals surface area contributed by atoms with Crippen molar-refractivity contribution in [1.29, 1.82) is 0 Å². The normalized spacial score (nSPS) is 16.9. The van der Waals surface area contributed by atoms with E-state index >= 15 is 0 Å². The summed E-state index contributed by atoms with van der Waals surface area (Å²) in [5.41, 5.74) is 8.14. The summed E-state index contributed by atoms with van der Waals surface area (Å²) >= 11 is 0. The SMILES string of the molecule is CC(=O)c1cc(N2CCC(N(C)C)CC2)ccc1N. The Morgan fingerprint density at radius 1 is 1.32 bits per heavy atom. The second-order valence-electron chi connectivity index (χ2n) is 5.51. The maximum Gasteiger partial charge on any atom is 0.161 e. The molecule has 0 saturated carbocycles. The van der Waals surface area contributed by atoms with Crippen LogP contribution in [0.15, 0.2) is 18.2 Å². The zero-order valence-corrected chi connectivity index (χ0v) is 12.0. The number of nitrogens with zero attached hydrogens (tertiary/aromatic N) is 2. The molecule has 0 bridgehead atoms. The highest BCUT2D eigenvalue weighted by molar-refractivity contribution is 6.00. The molecular formula is C15H23N3O. The number of benzene rings is 1. The van der Waals surface area contributed by atoms with Crippen molar-refractivity contribution >= 4 is 17.2 Å². The first-order valence-electron chi connectivity index (χ1n) is 6.81. The molecule has 0 spiro atoms. The van der Waals surface area contributed by atoms with Gasteiger partial charge in [-0.3, -0.25) is 4.79 Å². The predicted molar refractivity (Wildman–Crippen MR) is 79.8 cm³/mol. The molecule has 0 unspecified atom stereocenters. The van der Waals surface area contributed by atoms with Crippen LogP contribution in [-0.4, -0.2) is 43.9 Å². The van der Waals surface area contributed by atoms with Gasteiger partial charge in [-0.2, -0.15) is 0 Å². The summed E-state index contributed by atoms with van der Waals surface area (Å²) in [7, 11) is 4.27. The number of hydrogen-bond donors (Lipinski definition) is 1. The molecule has 1 aromatic carbocycles. The Kier molecular flexibility index (Phi) is 4.10. The maximum atomic E-state index is 11.5. The lowest BCUT2D eigenvalue weighted by Crippen LogP contribution is -2.42. The van der Waals surface area contributed by atoms with Gasteiger partial charge in [0.1, 0.15) is 0 Å². The van der Waals surface area contributed by atoms with Crippen molar-refractivity contribution in [2.75, 3.05) is 37.8 Å². The fourth-order valence-electron chi connectivity index (χ4n) is 2.69. The van der Waals surface area contributed by atoms with Gasteiger partial charge in [-0.1, -0.05) is 0 Å². The van der Waals surface area contributed by atoms with Gasteiger partial charge in [-0.05, 0) is 52.1 Å². The number of nitrogen functional groups attached to an aromatic ring is 1. The first-order valence-corrected chi connectivity index (χ1v) is 6.81. The molecule has 1 aliphatic rings. The number of anilines is 2. The number of carbonyl (C=O) groups excluding carboxylic acids is 1. The Bertz CT molecular complexity index is 462. The standard InChI is InChI=1S/C15H23N3O/c1-11(19)14-10-13(4-5-15(14)16)18-8-6-12(7-9-18)17(2)3/h4-5,10,12H,6-9,16H2,1-3H3. The first kappa shape index (κ1) is 13.9. The van der Waals surface area contributed by atoms with Crippen molar-refractivity contribution in [1.82, 2.24) is 4.90 Å². The minimum absolute atomic E-state index is 0.0301. The van der Waals surface area contributed by atoms with Gasteiger partial charge in [0.15, 0.2) is 5.78 Å². The van der Waals surface area contributed by atoms with Gasteiger partial charge < -0.3 is 15.5 Å². The van der Waals surface area contributed by atoms with Crippen molar-refractivity contribution in [3.63, 3.8) is 0 Å². The Balaban J connectivity index is 2.12. The number of rotatable bonds is 3. The van der Waals surface area contributed by atoms with Gasteiger partial charge in [-0.25, -0.2) is 0 Å². The quantitative estimate of drug-likeness (QED) is 0.668. The lowest BCUT2D eigenvalue weighted by atomic mass is 10.0. The van der Waals surface area contributed by atoms with Gasteiger partial charge >= 0.3 is 0 Å². The number of piperidine rings is 1. The summed E-state index contributed by atoms with van der Waals surface area (Å²) in [6.45, 7) is 3.63. The Labute approximate surface area is 115 Å². The molecule has 1 saturated heterocycles. The fraction of sp³-hybridized carbons (Fsp3) is 0.533. The number of nitrogens with two attached hydrogens (primary N) is 1. The fourth-order valence-corrected chi connectivity index (χ4v) is 2.69. The van der Waals surface area contributed by atoms with Crippen LogP contribution in [0, 0.1) is 0 Å². The molecule has 1 heterocycles. The van der Waals surface area contributed by atoms with Crippen LogP contribution < -0.4 is 10.6 Å². The third-order valence-corrected chi connectivity index (χ3v) is 3.98. The second kappa shape index (κ2) is 5.61. The van der Waals surface area contributed by atoms with E-state index in [0.717, 1.165) is 31.6 Å². The van der Waals surface area contributed by atoms with Crippen molar-refractivity contribution in [2.24, 2.45) is 0 Å². The van der Waals surface area contributed by atoms with Gasteiger partial charge in [0, 0.05) is 36.1 Å². The molecule has 4 nitrogen and oxygen atoms in total. The molecule has 19 heavy (non-hydrogen) atoms. The van der Waals surface area contributed by atoms with Gasteiger partial charge in [0.05, 0.1) is 0 Å². The van der Waals surface area contributed by atoms with Crippen LogP contribution in [-0.2, 0) is 0 Å². The topological polar surface area (TPSA) is 49.6 Å². The van der Waals surface area contributed by atoms with E-state index in [1.165, 1.54) is 0 Å². The first-order chi connectivity index (χ1) is 8.99. The molecule has 4 heteroatoms. The van der Waals surface area contributed by atoms with Crippen LogP contribution in [0.1, 0.15) is 30.1 Å². The van der Waals surface area contributed by atoms with E-state index < -0.39 is 0 Å². The molecular weight excluding hydrogens is 238 g/mol. The van der Waals surface area contributed by atoms with Crippen LogP contribution in [0.25, 0.3) is 0 Å². The molecule has 0 amide bonds. The van der Waals surface area contributed by atoms with E-state index in [2.05, 4.69) is 23.9 Å². The molecule has 2 rings (SSSR count). The largest absolute Gasteiger partial charge is 0.398 e. The van der Waals surface area contributed by atoms with E-state index in [4.69, 9.17) is 5.73 Å². The highest BCUT2D eigenvalue weighted by Gasteiger charge is 2.21. The minimum Gasteiger partial charge on any atom is -0.398 e. The van der Waals surface area contributed by atoms with Crippen molar-refractivity contribution in [3.05, 3.63) is 23.8 Å². The Morgan fingerprint density at radius 3 is 2.47 bits per heavy atom. The molecule has 2 N–H and O–H groups in total. The second-order valence-corrected chi connectivity index (χ2v) is 5.51. The van der Waals surface area contributed by atoms with Crippen LogP contribution in [0.5, 0.6) is 0 Å². The number of Topliss-reactive ketones (excluding diaryl/α,β-unsaturated/α-hetero) is 1. The summed E-state index contributed by atoms with van der Waals surface area (Å²) in [5, 5.41) is 0. The summed E-state index contributed by atoms with van der Waals surface area (Å²) in [4.78, 5) is 16.2. The van der Waals surface area contributed by atoms with Crippen molar-refractivity contribution in [2.45, 2.75) is 25.8 Å². The molecule has 1 aliphatic heterocycles. The maximum absolute atomic E-state index is 11.5. The lowest BCUT2D eigenvalue weighted by molar-refractivity contribution is 0.101.